The number of hydrogen-bond acceptors (Lipinski definition) is 3. The Bertz CT molecular complexity index is 757. The number of methoxy groups -OCH3 is 1. The molecular formula is C19H24F2IN3O2. The van der Waals surface area contributed by atoms with Crippen LogP contribution in [0.25, 0.3) is 0 Å². The third kappa shape index (κ3) is 7.20. The van der Waals surface area contributed by atoms with Crippen molar-refractivity contribution in [2.24, 2.45) is 4.99 Å². The minimum absolute atomic E-state index is 0. The molecule has 2 aromatic rings. The predicted molar refractivity (Wildman–Crippen MR) is 113 cm³/mol. The van der Waals surface area contributed by atoms with Crippen LogP contribution in [0.3, 0.4) is 0 Å². The van der Waals surface area contributed by atoms with Crippen LogP contribution in [-0.4, -0.2) is 26.7 Å². The summed E-state index contributed by atoms with van der Waals surface area (Å²) in [6.07, 6.45) is 0. The molecule has 0 radical (unpaired) electrons. The summed E-state index contributed by atoms with van der Waals surface area (Å²) in [5.41, 5.74) is 2.57. The van der Waals surface area contributed by atoms with E-state index < -0.39 is 6.61 Å². The van der Waals surface area contributed by atoms with Gasteiger partial charge in [-0.25, -0.2) is 0 Å². The minimum atomic E-state index is -2.86. The maximum atomic E-state index is 12.6. The van der Waals surface area contributed by atoms with Gasteiger partial charge in [0.25, 0.3) is 0 Å². The van der Waals surface area contributed by atoms with Crippen LogP contribution in [0.1, 0.15) is 16.7 Å². The van der Waals surface area contributed by atoms with Crippen molar-refractivity contribution in [1.29, 1.82) is 0 Å². The molecule has 0 aliphatic rings. The summed E-state index contributed by atoms with van der Waals surface area (Å²) in [7, 11) is 3.26. The van der Waals surface area contributed by atoms with Gasteiger partial charge in [-0.15, -0.1) is 24.0 Å². The van der Waals surface area contributed by atoms with Crippen molar-refractivity contribution < 1.29 is 18.3 Å². The van der Waals surface area contributed by atoms with Gasteiger partial charge in [-0.3, -0.25) is 4.99 Å². The maximum Gasteiger partial charge on any atom is 0.387 e. The Balaban J connectivity index is 0.00000364. The van der Waals surface area contributed by atoms with Crippen LogP contribution < -0.4 is 20.1 Å². The molecule has 0 unspecified atom stereocenters. The fraction of sp³-hybridized carbons (Fsp3) is 0.316. The normalized spacial score (nSPS) is 11.0. The van der Waals surface area contributed by atoms with Gasteiger partial charge in [-0.2, -0.15) is 8.78 Å². The maximum absolute atomic E-state index is 12.6. The molecular weight excluding hydrogens is 467 g/mol. The van der Waals surface area contributed by atoms with Gasteiger partial charge in [0.2, 0.25) is 0 Å². The Morgan fingerprint density at radius 1 is 1.04 bits per heavy atom. The molecule has 0 saturated carbocycles. The monoisotopic (exact) mass is 491 g/mol. The quantitative estimate of drug-likeness (QED) is 0.348. The molecule has 0 amide bonds. The lowest BCUT2D eigenvalue weighted by Gasteiger charge is -2.16. The molecule has 2 aromatic carbocycles. The van der Waals surface area contributed by atoms with E-state index in [1.165, 1.54) is 0 Å². The number of alkyl halides is 2. The number of ether oxygens (including phenoxy) is 2. The third-order valence-corrected chi connectivity index (χ3v) is 3.74. The first kappa shape index (κ1) is 22.9. The van der Waals surface area contributed by atoms with Crippen LogP contribution in [0, 0.1) is 6.92 Å². The molecule has 0 heterocycles. The van der Waals surface area contributed by atoms with Gasteiger partial charge < -0.3 is 20.1 Å². The molecule has 0 saturated heterocycles. The van der Waals surface area contributed by atoms with Crippen molar-refractivity contribution in [3.05, 3.63) is 59.2 Å². The molecule has 0 spiro atoms. The first-order chi connectivity index (χ1) is 12.5. The van der Waals surface area contributed by atoms with Crippen LogP contribution in [0.2, 0.25) is 0 Å². The number of nitrogens with one attached hydrogen (secondary N) is 2. The average Bonchev–Trinajstić information content (AvgIpc) is 2.63. The second kappa shape index (κ2) is 11.6. The van der Waals surface area contributed by atoms with E-state index >= 15 is 0 Å². The number of halogens is 3. The molecule has 8 heteroatoms. The van der Waals surface area contributed by atoms with Gasteiger partial charge >= 0.3 is 6.61 Å². The Kier molecular flexibility index (Phi) is 9.84. The molecule has 148 valence electrons. The van der Waals surface area contributed by atoms with Crippen LogP contribution >= 0.6 is 24.0 Å². The van der Waals surface area contributed by atoms with E-state index in [2.05, 4.69) is 20.4 Å². The summed E-state index contributed by atoms with van der Waals surface area (Å²) in [6, 6.07) is 12.7. The summed E-state index contributed by atoms with van der Waals surface area (Å²) < 4.78 is 35.0. The van der Waals surface area contributed by atoms with E-state index in [0.29, 0.717) is 24.6 Å². The first-order valence-electron chi connectivity index (χ1n) is 8.14. The zero-order chi connectivity index (χ0) is 18.9. The molecule has 0 bridgehead atoms. The fourth-order valence-corrected chi connectivity index (χ4v) is 2.48. The van der Waals surface area contributed by atoms with Crippen molar-refractivity contribution in [1.82, 2.24) is 10.6 Å². The van der Waals surface area contributed by atoms with Crippen molar-refractivity contribution in [3.8, 4) is 11.5 Å². The topological polar surface area (TPSA) is 54.9 Å². The summed E-state index contributed by atoms with van der Waals surface area (Å²) in [6.45, 7) is -0.156. The van der Waals surface area contributed by atoms with Crippen LogP contribution in [0.4, 0.5) is 8.78 Å². The van der Waals surface area contributed by atoms with E-state index in [9.17, 15) is 8.78 Å². The Morgan fingerprint density at radius 3 is 2.33 bits per heavy atom. The SMILES string of the molecule is CN=C(NCc1ccccc1OC)NCc1cc(C)ccc1OC(F)F.I. The van der Waals surface area contributed by atoms with Crippen molar-refractivity contribution in [2.45, 2.75) is 26.6 Å². The Hall–Kier alpha value is -2.10. The highest BCUT2D eigenvalue weighted by atomic mass is 127. The highest BCUT2D eigenvalue weighted by Crippen LogP contribution is 2.22. The van der Waals surface area contributed by atoms with Gasteiger partial charge in [0.15, 0.2) is 5.96 Å². The van der Waals surface area contributed by atoms with Gasteiger partial charge in [-0.1, -0.05) is 35.9 Å². The first-order valence-corrected chi connectivity index (χ1v) is 8.14. The number of aryl methyl sites for hydroxylation is 1. The highest BCUT2D eigenvalue weighted by Gasteiger charge is 2.11. The fourth-order valence-electron chi connectivity index (χ4n) is 2.48. The molecule has 27 heavy (non-hydrogen) atoms. The summed E-state index contributed by atoms with van der Waals surface area (Å²) >= 11 is 0. The largest absolute Gasteiger partial charge is 0.496 e. The molecule has 0 fully saturated rings. The molecule has 0 atom stereocenters. The number of aliphatic imine (C=N–C) groups is 1. The number of benzene rings is 2. The van der Waals surface area contributed by atoms with Gasteiger partial charge in [-0.05, 0) is 19.1 Å². The van der Waals surface area contributed by atoms with Crippen molar-refractivity contribution >= 4 is 29.9 Å². The Labute approximate surface area is 175 Å². The number of guanidine groups is 1. The predicted octanol–water partition coefficient (Wildman–Crippen LogP) is 4.09. The molecule has 0 aliphatic heterocycles. The smallest absolute Gasteiger partial charge is 0.387 e. The summed E-state index contributed by atoms with van der Waals surface area (Å²) in [5, 5.41) is 6.28. The van der Waals surface area contributed by atoms with E-state index in [0.717, 1.165) is 16.9 Å². The second-order valence-electron chi connectivity index (χ2n) is 5.58. The van der Waals surface area contributed by atoms with E-state index in [1.54, 1.807) is 32.4 Å². The van der Waals surface area contributed by atoms with Crippen molar-refractivity contribution in [2.75, 3.05) is 14.2 Å². The van der Waals surface area contributed by atoms with E-state index in [-0.39, 0.29) is 29.7 Å². The van der Waals surface area contributed by atoms with Crippen LogP contribution in [0.5, 0.6) is 11.5 Å². The molecule has 5 nitrogen and oxygen atoms in total. The number of hydrogen-bond donors (Lipinski definition) is 2. The van der Waals surface area contributed by atoms with Gasteiger partial charge in [0, 0.05) is 31.3 Å². The van der Waals surface area contributed by atoms with E-state index in [1.807, 2.05) is 31.2 Å². The average molecular weight is 491 g/mol. The minimum Gasteiger partial charge on any atom is -0.496 e. The van der Waals surface area contributed by atoms with E-state index in [4.69, 9.17) is 4.74 Å². The second-order valence-corrected chi connectivity index (χ2v) is 5.58. The van der Waals surface area contributed by atoms with Crippen LogP contribution in [-0.2, 0) is 13.1 Å². The van der Waals surface area contributed by atoms with Gasteiger partial charge in [0.05, 0.1) is 7.11 Å². The summed E-state index contributed by atoms with van der Waals surface area (Å²) in [5.74, 6) is 1.47. The molecule has 0 aromatic heterocycles. The zero-order valence-corrected chi connectivity index (χ0v) is 17.8. The Morgan fingerprint density at radius 2 is 1.70 bits per heavy atom. The van der Waals surface area contributed by atoms with Crippen LogP contribution in [0.15, 0.2) is 47.5 Å². The number of rotatable bonds is 7. The third-order valence-electron chi connectivity index (χ3n) is 3.74. The lowest BCUT2D eigenvalue weighted by Crippen LogP contribution is -2.36. The molecule has 0 aliphatic carbocycles. The highest BCUT2D eigenvalue weighted by molar-refractivity contribution is 14.0. The lowest BCUT2D eigenvalue weighted by atomic mass is 10.1. The summed E-state index contributed by atoms with van der Waals surface area (Å²) in [4.78, 5) is 4.15. The van der Waals surface area contributed by atoms with Gasteiger partial charge in [0.1, 0.15) is 11.5 Å². The molecule has 2 N–H and O–H groups in total. The standard InChI is InChI=1S/C19H23F2N3O2.HI/c1-13-8-9-17(26-18(20)21)15(10-13)12-24-19(22-2)23-11-14-6-4-5-7-16(14)25-3;/h4-10,18H,11-12H2,1-3H3,(H2,22,23,24);1H. The number of nitrogens with zero attached hydrogens (tertiary/aromatic N) is 1. The number of para-hydroxylation sites is 1. The lowest BCUT2D eigenvalue weighted by molar-refractivity contribution is -0.0504. The molecule has 2 rings (SSSR count). The zero-order valence-electron chi connectivity index (χ0n) is 15.5. The van der Waals surface area contributed by atoms with Crippen molar-refractivity contribution in [3.63, 3.8) is 0 Å².